The Morgan fingerprint density at radius 1 is 1.22 bits per heavy atom. The zero-order chi connectivity index (χ0) is 19.2. The van der Waals surface area contributed by atoms with Crippen LogP contribution in [-0.2, 0) is 17.8 Å². The Hall–Kier alpha value is -3.22. The van der Waals surface area contributed by atoms with Crippen molar-refractivity contribution >= 4 is 5.91 Å². The number of aromatic nitrogens is 4. The fraction of sp³-hybridized carbons (Fsp3) is 0.300. The van der Waals surface area contributed by atoms with Crippen molar-refractivity contribution in [2.75, 3.05) is 7.11 Å². The van der Waals surface area contributed by atoms with Gasteiger partial charge in [0, 0.05) is 5.56 Å². The molecular weight excluding hydrogens is 342 g/mol. The fourth-order valence-corrected chi connectivity index (χ4v) is 2.73. The van der Waals surface area contributed by atoms with E-state index in [9.17, 15) is 4.79 Å². The molecule has 0 aliphatic carbocycles. The highest BCUT2D eigenvalue weighted by atomic mass is 16.5. The molecule has 1 heterocycles. The molecule has 0 radical (unpaired) electrons. The number of nitrogens with zero attached hydrogens (tertiary/aromatic N) is 4. The Morgan fingerprint density at radius 2 is 2.00 bits per heavy atom. The molecule has 140 valence electrons. The summed E-state index contributed by atoms with van der Waals surface area (Å²) in [6.07, 6.45) is 0.995. The van der Waals surface area contributed by atoms with E-state index in [1.165, 1.54) is 10.4 Å². The van der Waals surface area contributed by atoms with Gasteiger partial charge in [0.15, 0.2) is 0 Å². The van der Waals surface area contributed by atoms with Gasteiger partial charge < -0.3 is 10.1 Å². The first-order valence-corrected chi connectivity index (χ1v) is 8.89. The second-order valence-electron chi connectivity index (χ2n) is 6.26. The topological polar surface area (TPSA) is 81.9 Å². The van der Waals surface area contributed by atoms with Crippen LogP contribution in [0.5, 0.6) is 5.75 Å². The molecule has 3 aromatic rings. The van der Waals surface area contributed by atoms with Crippen LogP contribution < -0.4 is 10.1 Å². The standard InChI is InChI=1S/C20H23N5O2/c1-4-15-8-10-16(11-9-15)14(2)21-19(26)13-25-23-20(22-24-25)17-6-5-7-18(12-17)27-3/h5-12,14H,4,13H2,1-3H3,(H,21,26). The lowest BCUT2D eigenvalue weighted by molar-refractivity contribution is -0.122. The number of carbonyl (C=O) groups excluding carboxylic acids is 1. The van der Waals surface area contributed by atoms with Crippen LogP contribution in [0.1, 0.15) is 31.0 Å². The minimum Gasteiger partial charge on any atom is -0.497 e. The molecule has 1 atom stereocenters. The molecule has 1 amide bonds. The number of tetrazole rings is 1. The SMILES string of the molecule is CCc1ccc(C(C)NC(=O)Cn2nnc(-c3cccc(OC)c3)n2)cc1. The third-order valence-corrected chi connectivity index (χ3v) is 4.33. The Kier molecular flexibility index (Phi) is 5.80. The summed E-state index contributed by atoms with van der Waals surface area (Å²) in [6, 6.07) is 15.5. The monoisotopic (exact) mass is 365 g/mol. The van der Waals surface area contributed by atoms with Crippen molar-refractivity contribution in [3.63, 3.8) is 0 Å². The van der Waals surface area contributed by atoms with E-state index in [2.05, 4.69) is 39.8 Å². The van der Waals surface area contributed by atoms with E-state index < -0.39 is 0 Å². The van der Waals surface area contributed by atoms with Gasteiger partial charge in [0.2, 0.25) is 11.7 Å². The molecule has 1 aromatic heterocycles. The van der Waals surface area contributed by atoms with Gasteiger partial charge in [-0.2, -0.15) is 4.80 Å². The van der Waals surface area contributed by atoms with Crippen molar-refractivity contribution < 1.29 is 9.53 Å². The number of nitrogens with one attached hydrogen (secondary N) is 1. The van der Waals surface area contributed by atoms with Gasteiger partial charge in [0.1, 0.15) is 12.3 Å². The molecule has 2 aromatic carbocycles. The molecule has 0 fully saturated rings. The zero-order valence-corrected chi connectivity index (χ0v) is 15.7. The van der Waals surface area contributed by atoms with Gasteiger partial charge in [0.05, 0.1) is 13.2 Å². The van der Waals surface area contributed by atoms with Crippen LogP contribution in [0.25, 0.3) is 11.4 Å². The van der Waals surface area contributed by atoms with Crippen molar-refractivity contribution in [2.24, 2.45) is 0 Å². The molecule has 0 spiro atoms. The molecule has 7 heteroatoms. The van der Waals surface area contributed by atoms with Crippen LogP contribution in [-0.4, -0.2) is 33.2 Å². The van der Waals surface area contributed by atoms with Crippen molar-refractivity contribution in [1.29, 1.82) is 0 Å². The number of amides is 1. The number of rotatable bonds is 7. The number of methoxy groups -OCH3 is 1. The second-order valence-corrected chi connectivity index (χ2v) is 6.26. The van der Waals surface area contributed by atoms with Gasteiger partial charge in [-0.25, -0.2) is 0 Å². The van der Waals surface area contributed by atoms with Crippen molar-refractivity contribution in [2.45, 2.75) is 32.9 Å². The molecule has 1 unspecified atom stereocenters. The van der Waals surface area contributed by atoms with E-state index in [0.717, 1.165) is 17.5 Å². The summed E-state index contributed by atoms with van der Waals surface area (Å²) >= 11 is 0. The van der Waals surface area contributed by atoms with E-state index in [-0.39, 0.29) is 18.5 Å². The maximum Gasteiger partial charge on any atom is 0.244 e. The van der Waals surface area contributed by atoms with Gasteiger partial charge >= 0.3 is 0 Å². The summed E-state index contributed by atoms with van der Waals surface area (Å²) < 4.78 is 5.20. The smallest absolute Gasteiger partial charge is 0.244 e. The summed E-state index contributed by atoms with van der Waals surface area (Å²) in [7, 11) is 1.60. The third kappa shape index (κ3) is 4.69. The van der Waals surface area contributed by atoms with Crippen LogP contribution >= 0.6 is 0 Å². The summed E-state index contributed by atoms with van der Waals surface area (Å²) in [4.78, 5) is 13.6. The van der Waals surface area contributed by atoms with Crippen molar-refractivity contribution in [1.82, 2.24) is 25.5 Å². The summed E-state index contributed by atoms with van der Waals surface area (Å²) in [5, 5.41) is 15.2. The summed E-state index contributed by atoms with van der Waals surface area (Å²) in [5.41, 5.74) is 3.11. The Morgan fingerprint density at radius 3 is 2.70 bits per heavy atom. The van der Waals surface area contributed by atoms with E-state index in [1.807, 2.05) is 43.3 Å². The van der Waals surface area contributed by atoms with Crippen LogP contribution in [0.3, 0.4) is 0 Å². The molecule has 3 rings (SSSR count). The van der Waals surface area contributed by atoms with Crippen LogP contribution in [0.4, 0.5) is 0 Å². The Balaban J connectivity index is 1.61. The number of ether oxygens (including phenoxy) is 1. The molecular formula is C20H23N5O2. The Bertz CT molecular complexity index is 905. The zero-order valence-electron chi connectivity index (χ0n) is 15.7. The first kappa shape index (κ1) is 18.6. The lowest BCUT2D eigenvalue weighted by Crippen LogP contribution is -2.30. The van der Waals surface area contributed by atoms with Gasteiger partial charge in [-0.3, -0.25) is 4.79 Å². The number of carbonyl (C=O) groups is 1. The predicted octanol–water partition coefficient (Wildman–Crippen LogP) is 2.79. The minimum absolute atomic E-state index is 0.00829. The molecule has 0 saturated carbocycles. The Labute approximate surface area is 158 Å². The lowest BCUT2D eigenvalue weighted by Gasteiger charge is -2.14. The first-order chi connectivity index (χ1) is 13.1. The van der Waals surface area contributed by atoms with Crippen LogP contribution in [0.2, 0.25) is 0 Å². The average molecular weight is 365 g/mol. The largest absolute Gasteiger partial charge is 0.497 e. The minimum atomic E-state index is -0.170. The normalized spacial score (nSPS) is 11.8. The highest BCUT2D eigenvalue weighted by Crippen LogP contribution is 2.19. The van der Waals surface area contributed by atoms with Crippen LogP contribution in [0.15, 0.2) is 48.5 Å². The van der Waals surface area contributed by atoms with Gasteiger partial charge in [-0.05, 0) is 41.8 Å². The van der Waals surface area contributed by atoms with Crippen molar-refractivity contribution in [3.05, 3.63) is 59.7 Å². The molecule has 0 aliphatic heterocycles. The van der Waals surface area contributed by atoms with Crippen molar-refractivity contribution in [3.8, 4) is 17.1 Å². The molecule has 1 N–H and O–H groups in total. The van der Waals surface area contributed by atoms with E-state index >= 15 is 0 Å². The number of benzene rings is 2. The third-order valence-electron chi connectivity index (χ3n) is 4.33. The number of hydrogen-bond acceptors (Lipinski definition) is 5. The molecule has 0 bridgehead atoms. The van der Waals surface area contributed by atoms with Gasteiger partial charge in [0.25, 0.3) is 0 Å². The highest BCUT2D eigenvalue weighted by Gasteiger charge is 2.13. The second kappa shape index (κ2) is 8.44. The number of hydrogen-bond donors (Lipinski definition) is 1. The highest BCUT2D eigenvalue weighted by molar-refractivity contribution is 5.76. The van der Waals surface area contributed by atoms with E-state index in [0.29, 0.717) is 11.6 Å². The molecule has 0 saturated heterocycles. The maximum absolute atomic E-state index is 12.3. The summed E-state index contributed by atoms with van der Waals surface area (Å²) in [5.74, 6) is 0.992. The molecule has 27 heavy (non-hydrogen) atoms. The average Bonchev–Trinajstić information content (AvgIpc) is 3.16. The molecule has 0 aliphatic rings. The van der Waals surface area contributed by atoms with Gasteiger partial charge in [-0.15, -0.1) is 10.2 Å². The molecule has 7 nitrogen and oxygen atoms in total. The lowest BCUT2D eigenvalue weighted by atomic mass is 10.1. The fourth-order valence-electron chi connectivity index (χ4n) is 2.73. The van der Waals surface area contributed by atoms with Gasteiger partial charge in [-0.1, -0.05) is 43.3 Å². The van der Waals surface area contributed by atoms with E-state index in [1.54, 1.807) is 7.11 Å². The van der Waals surface area contributed by atoms with Crippen LogP contribution in [0, 0.1) is 0 Å². The summed E-state index contributed by atoms with van der Waals surface area (Å²) in [6.45, 7) is 4.08. The maximum atomic E-state index is 12.3. The number of aryl methyl sites for hydroxylation is 1. The van der Waals surface area contributed by atoms with E-state index in [4.69, 9.17) is 4.74 Å². The quantitative estimate of drug-likeness (QED) is 0.696. The first-order valence-electron chi connectivity index (χ1n) is 8.89. The predicted molar refractivity (Wildman–Crippen MR) is 102 cm³/mol.